The summed E-state index contributed by atoms with van der Waals surface area (Å²) >= 11 is 1.51. The molecule has 0 saturated carbocycles. The molecule has 0 spiro atoms. The van der Waals surface area contributed by atoms with Crippen LogP contribution in [0.15, 0.2) is 66.2 Å². The van der Waals surface area contributed by atoms with Crippen LogP contribution in [0.3, 0.4) is 0 Å². The van der Waals surface area contributed by atoms with Gasteiger partial charge in [0.1, 0.15) is 17.4 Å². The summed E-state index contributed by atoms with van der Waals surface area (Å²) in [6, 6.07) is 17.5. The van der Waals surface area contributed by atoms with E-state index in [1.54, 1.807) is 6.20 Å². The number of thiazole rings is 1. The number of hydrogen-bond acceptors (Lipinski definition) is 5. The van der Waals surface area contributed by atoms with Crippen LogP contribution >= 0.6 is 11.3 Å². The highest BCUT2D eigenvalue weighted by Crippen LogP contribution is 2.28. The van der Waals surface area contributed by atoms with Crippen molar-refractivity contribution in [2.45, 2.75) is 20.3 Å². The summed E-state index contributed by atoms with van der Waals surface area (Å²) in [7, 11) is 0. The Balaban J connectivity index is 1.54. The molecule has 0 aliphatic heterocycles. The Labute approximate surface area is 179 Å². The molecule has 1 amide bonds. The monoisotopic (exact) mass is 418 g/mol. The molecule has 0 radical (unpaired) electrons. The van der Waals surface area contributed by atoms with Gasteiger partial charge in [0.2, 0.25) is 5.91 Å². The third-order valence-corrected chi connectivity index (χ3v) is 5.38. The molecule has 2 heterocycles. The Morgan fingerprint density at radius 1 is 1.13 bits per heavy atom. The van der Waals surface area contributed by atoms with Gasteiger partial charge in [-0.05, 0) is 43.7 Å². The van der Waals surface area contributed by atoms with Crippen molar-refractivity contribution in [3.05, 3.63) is 77.6 Å². The Morgan fingerprint density at radius 2 is 1.90 bits per heavy atom. The Kier molecular flexibility index (Phi) is 5.90. The minimum Gasteiger partial charge on any atom is -0.494 e. The van der Waals surface area contributed by atoms with Crippen LogP contribution in [0.5, 0.6) is 5.75 Å². The third-order valence-electron chi connectivity index (χ3n) is 4.56. The Morgan fingerprint density at radius 3 is 2.63 bits per heavy atom. The van der Waals surface area contributed by atoms with E-state index in [0.717, 1.165) is 33.5 Å². The summed E-state index contributed by atoms with van der Waals surface area (Å²) in [6.07, 6.45) is 1.97. The fourth-order valence-electron chi connectivity index (χ4n) is 3.13. The maximum atomic E-state index is 12.5. The third kappa shape index (κ3) is 4.41. The molecule has 0 fully saturated rings. The second-order valence-corrected chi connectivity index (χ2v) is 7.55. The van der Waals surface area contributed by atoms with Gasteiger partial charge in [0.15, 0.2) is 5.13 Å². The lowest BCUT2D eigenvalue weighted by Gasteiger charge is -2.08. The molecule has 7 heteroatoms. The van der Waals surface area contributed by atoms with Crippen LogP contribution in [0, 0.1) is 6.92 Å². The summed E-state index contributed by atoms with van der Waals surface area (Å²) in [5.74, 6) is 2.12. The highest BCUT2D eigenvalue weighted by atomic mass is 32.1. The number of benzene rings is 2. The number of carbonyl (C=O) groups is 1. The van der Waals surface area contributed by atoms with Gasteiger partial charge in [0.05, 0.1) is 24.9 Å². The summed E-state index contributed by atoms with van der Waals surface area (Å²) < 4.78 is 7.37. The standard InChI is InChI=1S/C23H22N4O2S/c1-3-29-19-11-9-18(10-12-19)20-15-30-23(25-20)27-16(2)24-14-21(27)26-22(28)13-17-7-5-4-6-8-17/h4-12,14-15H,3,13H2,1-2H3,(H,26,28). The number of imidazole rings is 1. The van der Waals surface area contributed by atoms with Crippen molar-refractivity contribution in [2.24, 2.45) is 0 Å². The van der Waals surface area contributed by atoms with E-state index in [0.29, 0.717) is 18.8 Å². The number of aromatic nitrogens is 3. The first-order valence-electron chi connectivity index (χ1n) is 9.71. The van der Waals surface area contributed by atoms with Crippen molar-refractivity contribution < 1.29 is 9.53 Å². The first kappa shape index (κ1) is 19.8. The van der Waals surface area contributed by atoms with Gasteiger partial charge in [0, 0.05) is 10.9 Å². The molecule has 0 unspecified atom stereocenters. The molecule has 152 valence electrons. The van der Waals surface area contributed by atoms with Gasteiger partial charge in [-0.25, -0.2) is 9.97 Å². The van der Waals surface area contributed by atoms with E-state index in [9.17, 15) is 4.79 Å². The van der Waals surface area contributed by atoms with Gasteiger partial charge in [-0.2, -0.15) is 0 Å². The lowest BCUT2D eigenvalue weighted by atomic mass is 10.1. The number of rotatable bonds is 7. The van der Waals surface area contributed by atoms with E-state index in [1.165, 1.54) is 11.3 Å². The van der Waals surface area contributed by atoms with Crippen molar-refractivity contribution in [1.29, 1.82) is 0 Å². The first-order chi connectivity index (χ1) is 14.6. The fourth-order valence-corrected chi connectivity index (χ4v) is 4.02. The lowest BCUT2D eigenvalue weighted by Crippen LogP contribution is -2.17. The molecule has 0 bridgehead atoms. The second-order valence-electron chi connectivity index (χ2n) is 6.71. The zero-order valence-electron chi connectivity index (χ0n) is 16.8. The largest absolute Gasteiger partial charge is 0.494 e. The van der Waals surface area contributed by atoms with E-state index in [4.69, 9.17) is 9.72 Å². The number of hydrogen-bond donors (Lipinski definition) is 1. The molecule has 0 atom stereocenters. The maximum Gasteiger partial charge on any atom is 0.229 e. The van der Waals surface area contributed by atoms with Crippen LogP contribution in [0.4, 0.5) is 5.82 Å². The Hall–Kier alpha value is -3.45. The predicted molar refractivity (Wildman–Crippen MR) is 119 cm³/mol. The van der Waals surface area contributed by atoms with Gasteiger partial charge in [0.25, 0.3) is 0 Å². The van der Waals surface area contributed by atoms with E-state index >= 15 is 0 Å². The number of anilines is 1. The summed E-state index contributed by atoms with van der Waals surface area (Å²) in [6.45, 7) is 4.49. The quantitative estimate of drug-likeness (QED) is 0.464. The van der Waals surface area contributed by atoms with Gasteiger partial charge in [-0.3, -0.25) is 9.36 Å². The molecule has 30 heavy (non-hydrogen) atoms. The fraction of sp³-hybridized carbons (Fsp3) is 0.174. The number of aryl methyl sites for hydroxylation is 1. The van der Waals surface area contributed by atoms with Crippen molar-refractivity contribution in [3.63, 3.8) is 0 Å². The maximum absolute atomic E-state index is 12.5. The average Bonchev–Trinajstić information content (AvgIpc) is 3.36. The first-order valence-corrected chi connectivity index (χ1v) is 10.6. The average molecular weight is 419 g/mol. The SMILES string of the molecule is CCOc1ccc(-c2csc(-n3c(NC(=O)Cc4ccccc4)cnc3C)n2)cc1. The smallest absolute Gasteiger partial charge is 0.229 e. The van der Waals surface area contributed by atoms with Crippen LogP contribution in [0.25, 0.3) is 16.4 Å². The molecule has 2 aromatic heterocycles. The van der Waals surface area contributed by atoms with Crippen LogP contribution in [0.2, 0.25) is 0 Å². The van der Waals surface area contributed by atoms with Gasteiger partial charge < -0.3 is 10.1 Å². The summed E-state index contributed by atoms with van der Waals surface area (Å²) in [4.78, 5) is 21.6. The highest BCUT2D eigenvalue weighted by Gasteiger charge is 2.15. The molecule has 0 aliphatic carbocycles. The lowest BCUT2D eigenvalue weighted by molar-refractivity contribution is -0.115. The number of nitrogens with zero attached hydrogens (tertiary/aromatic N) is 3. The zero-order valence-corrected chi connectivity index (χ0v) is 17.6. The van der Waals surface area contributed by atoms with E-state index in [1.807, 2.05) is 78.4 Å². The minimum absolute atomic E-state index is 0.0920. The number of carbonyl (C=O) groups excluding carboxylic acids is 1. The van der Waals surface area contributed by atoms with Gasteiger partial charge >= 0.3 is 0 Å². The molecule has 0 aliphatic rings. The summed E-state index contributed by atoms with van der Waals surface area (Å²) in [5, 5.41) is 5.71. The predicted octanol–water partition coefficient (Wildman–Crippen LogP) is 4.88. The number of nitrogens with one attached hydrogen (secondary N) is 1. The van der Waals surface area contributed by atoms with Crippen LogP contribution in [-0.4, -0.2) is 27.0 Å². The number of amides is 1. The molecule has 2 aromatic carbocycles. The van der Waals surface area contributed by atoms with Crippen LogP contribution in [0.1, 0.15) is 18.3 Å². The minimum atomic E-state index is -0.0920. The topological polar surface area (TPSA) is 69.0 Å². The molecular weight excluding hydrogens is 396 g/mol. The van der Waals surface area contributed by atoms with Gasteiger partial charge in [-0.15, -0.1) is 11.3 Å². The Bertz CT molecular complexity index is 1130. The number of ether oxygens (including phenoxy) is 1. The second kappa shape index (κ2) is 8.92. The van der Waals surface area contributed by atoms with Crippen molar-refractivity contribution in [3.8, 4) is 22.1 Å². The summed E-state index contributed by atoms with van der Waals surface area (Å²) in [5.41, 5.74) is 2.84. The van der Waals surface area contributed by atoms with E-state index in [-0.39, 0.29) is 5.91 Å². The van der Waals surface area contributed by atoms with E-state index < -0.39 is 0 Å². The molecule has 4 rings (SSSR count). The van der Waals surface area contributed by atoms with Crippen molar-refractivity contribution in [2.75, 3.05) is 11.9 Å². The van der Waals surface area contributed by atoms with E-state index in [2.05, 4.69) is 10.3 Å². The molecular formula is C23H22N4O2S. The van der Waals surface area contributed by atoms with Gasteiger partial charge in [-0.1, -0.05) is 30.3 Å². The van der Waals surface area contributed by atoms with Crippen molar-refractivity contribution >= 4 is 23.1 Å². The molecule has 6 nitrogen and oxygen atoms in total. The molecule has 0 saturated heterocycles. The highest BCUT2D eigenvalue weighted by molar-refractivity contribution is 7.12. The molecule has 4 aromatic rings. The normalized spacial score (nSPS) is 10.7. The van der Waals surface area contributed by atoms with Crippen molar-refractivity contribution in [1.82, 2.24) is 14.5 Å². The zero-order chi connectivity index (χ0) is 20.9. The molecule has 1 N–H and O–H groups in total. The van der Waals surface area contributed by atoms with Crippen LogP contribution < -0.4 is 10.1 Å². The van der Waals surface area contributed by atoms with Crippen LogP contribution in [-0.2, 0) is 11.2 Å².